The second-order valence-corrected chi connectivity index (χ2v) is 5.24. The summed E-state index contributed by atoms with van der Waals surface area (Å²) in [6.07, 6.45) is 3.21. The minimum atomic E-state index is -0.399. The van der Waals surface area contributed by atoms with E-state index in [1.807, 2.05) is 0 Å². The molecule has 2 aliphatic heterocycles. The Labute approximate surface area is 127 Å². The van der Waals surface area contributed by atoms with E-state index in [9.17, 15) is 9.59 Å². The molecule has 7 nitrogen and oxygen atoms in total. The highest BCUT2D eigenvalue weighted by Gasteiger charge is 2.18. The quantitative estimate of drug-likeness (QED) is 0.815. The molecule has 1 atom stereocenters. The van der Waals surface area contributed by atoms with Crippen LogP contribution in [0.3, 0.4) is 0 Å². The van der Waals surface area contributed by atoms with E-state index in [0.29, 0.717) is 29.9 Å². The molecule has 1 aromatic carbocycles. The van der Waals surface area contributed by atoms with Gasteiger partial charge in [-0.05, 0) is 37.5 Å². The molecule has 0 bridgehead atoms. The fourth-order valence-electron chi connectivity index (χ4n) is 2.46. The summed E-state index contributed by atoms with van der Waals surface area (Å²) in [5.41, 5.74) is 5.19. The van der Waals surface area contributed by atoms with Crippen molar-refractivity contribution in [3.8, 4) is 11.5 Å². The largest absolute Gasteiger partial charge is 0.454 e. The van der Waals surface area contributed by atoms with Crippen molar-refractivity contribution in [3.63, 3.8) is 0 Å². The molecule has 22 heavy (non-hydrogen) atoms. The molecular weight excluding hydrogens is 288 g/mol. The van der Waals surface area contributed by atoms with Crippen LogP contribution in [0.1, 0.15) is 36.0 Å². The van der Waals surface area contributed by atoms with Crippen LogP contribution in [0.2, 0.25) is 0 Å². The summed E-state index contributed by atoms with van der Waals surface area (Å²) in [7, 11) is 0. The highest BCUT2D eigenvalue weighted by Crippen LogP contribution is 2.32. The van der Waals surface area contributed by atoms with Crippen LogP contribution in [0.15, 0.2) is 18.2 Å². The van der Waals surface area contributed by atoms with Gasteiger partial charge in [-0.15, -0.1) is 0 Å². The summed E-state index contributed by atoms with van der Waals surface area (Å²) in [4.78, 5) is 23.7. The fraction of sp³-hybridized carbons (Fsp3) is 0.467. The molecule has 0 spiro atoms. The van der Waals surface area contributed by atoms with Crippen molar-refractivity contribution < 1.29 is 23.8 Å². The highest BCUT2D eigenvalue weighted by molar-refractivity contribution is 5.96. The Kier molecular flexibility index (Phi) is 4.43. The molecule has 0 unspecified atom stereocenters. The second kappa shape index (κ2) is 6.65. The monoisotopic (exact) mass is 306 g/mol. The molecule has 1 saturated heterocycles. The molecule has 3 rings (SSSR count). The zero-order chi connectivity index (χ0) is 15.4. The molecule has 2 N–H and O–H groups in total. The van der Waals surface area contributed by atoms with Crippen molar-refractivity contribution in [2.24, 2.45) is 0 Å². The molecule has 0 radical (unpaired) electrons. The minimum absolute atomic E-state index is 0.153. The standard InChI is InChI=1S/C15H18N2O5/c18-14(6-4-11-2-1-7-20-11)16-17-15(19)10-3-5-12-13(8-10)22-9-21-12/h3,5,8,11H,1-2,4,6-7,9H2,(H,16,18)(H,17,19)/t11-/m0/s1. The third-order valence-electron chi connectivity index (χ3n) is 3.67. The predicted molar refractivity (Wildman–Crippen MR) is 76.4 cm³/mol. The van der Waals surface area contributed by atoms with Crippen LogP contribution in [0, 0.1) is 0 Å². The molecule has 7 heteroatoms. The number of rotatable bonds is 4. The Morgan fingerprint density at radius 3 is 2.86 bits per heavy atom. The van der Waals surface area contributed by atoms with E-state index in [2.05, 4.69) is 10.9 Å². The third-order valence-corrected chi connectivity index (χ3v) is 3.67. The first-order valence-electron chi connectivity index (χ1n) is 7.33. The molecule has 0 saturated carbocycles. The van der Waals surface area contributed by atoms with Crippen LogP contribution < -0.4 is 20.3 Å². The zero-order valence-corrected chi connectivity index (χ0v) is 12.1. The molecule has 118 valence electrons. The van der Waals surface area contributed by atoms with E-state index in [4.69, 9.17) is 14.2 Å². The van der Waals surface area contributed by atoms with Gasteiger partial charge in [0.1, 0.15) is 0 Å². The molecule has 1 aromatic rings. The second-order valence-electron chi connectivity index (χ2n) is 5.24. The van der Waals surface area contributed by atoms with Crippen molar-refractivity contribution in [2.75, 3.05) is 13.4 Å². The smallest absolute Gasteiger partial charge is 0.269 e. The van der Waals surface area contributed by atoms with Gasteiger partial charge >= 0.3 is 0 Å². The van der Waals surface area contributed by atoms with Gasteiger partial charge in [0.05, 0.1) is 6.10 Å². The number of benzene rings is 1. The van der Waals surface area contributed by atoms with E-state index < -0.39 is 5.91 Å². The van der Waals surface area contributed by atoms with Crippen molar-refractivity contribution in [1.29, 1.82) is 0 Å². The molecule has 2 aliphatic rings. The van der Waals surface area contributed by atoms with Crippen molar-refractivity contribution in [1.82, 2.24) is 10.9 Å². The third kappa shape index (κ3) is 3.48. The maximum atomic E-state index is 12.0. The molecule has 2 amide bonds. The molecule has 0 aliphatic carbocycles. The lowest BCUT2D eigenvalue weighted by atomic mass is 10.1. The number of ether oxygens (including phenoxy) is 3. The van der Waals surface area contributed by atoms with Crippen molar-refractivity contribution >= 4 is 11.8 Å². The van der Waals surface area contributed by atoms with Crippen molar-refractivity contribution in [3.05, 3.63) is 23.8 Å². The van der Waals surface area contributed by atoms with E-state index in [0.717, 1.165) is 19.4 Å². The average Bonchev–Trinajstić information content (AvgIpc) is 3.20. The molecular formula is C15H18N2O5. The number of carbonyl (C=O) groups is 2. The van der Waals surface area contributed by atoms with Gasteiger partial charge in [0, 0.05) is 18.6 Å². The summed E-state index contributed by atoms with van der Waals surface area (Å²) < 4.78 is 15.8. The van der Waals surface area contributed by atoms with Gasteiger partial charge in [-0.25, -0.2) is 0 Å². The summed E-state index contributed by atoms with van der Waals surface area (Å²) in [6.45, 7) is 0.924. The van der Waals surface area contributed by atoms with Gasteiger partial charge in [0.15, 0.2) is 11.5 Å². The van der Waals surface area contributed by atoms with Crippen LogP contribution >= 0.6 is 0 Å². The van der Waals surface area contributed by atoms with Gasteiger partial charge in [0.2, 0.25) is 12.7 Å². The maximum absolute atomic E-state index is 12.0. The number of carbonyl (C=O) groups excluding carboxylic acids is 2. The van der Waals surface area contributed by atoms with Gasteiger partial charge in [0.25, 0.3) is 5.91 Å². The van der Waals surface area contributed by atoms with Gasteiger partial charge in [-0.3, -0.25) is 20.4 Å². The predicted octanol–water partition coefficient (Wildman–Crippen LogP) is 1.14. The Bertz CT molecular complexity index is 569. The van der Waals surface area contributed by atoms with Crippen molar-refractivity contribution in [2.45, 2.75) is 31.8 Å². The number of hydrogen-bond acceptors (Lipinski definition) is 5. The van der Waals surface area contributed by atoms with E-state index in [1.165, 1.54) is 0 Å². The zero-order valence-electron chi connectivity index (χ0n) is 12.1. The molecule has 0 aromatic heterocycles. The summed E-state index contributed by atoms with van der Waals surface area (Å²) in [6, 6.07) is 4.86. The summed E-state index contributed by atoms with van der Waals surface area (Å²) >= 11 is 0. The van der Waals surface area contributed by atoms with E-state index in [1.54, 1.807) is 18.2 Å². The van der Waals surface area contributed by atoms with Gasteiger partial charge < -0.3 is 14.2 Å². The summed E-state index contributed by atoms with van der Waals surface area (Å²) in [5.74, 6) is 0.503. The normalized spacial score (nSPS) is 19.0. The van der Waals surface area contributed by atoms with Crippen LogP contribution in [-0.2, 0) is 9.53 Å². The Hall–Kier alpha value is -2.28. The van der Waals surface area contributed by atoms with Crippen LogP contribution in [0.25, 0.3) is 0 Å². The number of fused-ring (bicyclic) bond motifs is 1. The first-order valence-corrected chi connectivity index (χ1v) is 7.33. The lowest BCUT2D eigenvalue weighted by Gasteiger charge is -2.10. The van der Waals surface area contributed by atoms with Gasteiger partial charge in [-0.2, -0.15) is 0 Å². The van der Waals surface area contributed by atoms with E-state index >= 15 is 0 Å². The summed E-state index contributed by atoms with van der Waals surface area (Å²) in [5, 5.41) is 0. The number of amides is 2. The fourth-order valence-corrected chi connectivity index (χ4v) is 2.46. The van der Waals surface area contributed by atoms with Crippen LogP contribution in [0.5, 0.6) is 11.5 Å². The first kappa shape index (κ1) is 14.6. The van der Waals surface area contributed by atoms with Gasteiger partial charge in [-0.1, -0.05) is 0 Å². The lowest BCUT2D eigenvalue weighted by Crippen LogP contribution is -2.41. The number of hydrogen-bond donors (Lipinski definition) is 2. The minimum Gasteiger partial charge on any atom is -0.454 e. The topological polar surface area (TPSA) is 85.9 Å². The number of nitrogens with one attached hydrogen (secondary N) is 2. The Morgan fingerprint density at radius 2 is 2.05 bits per heavy atom. The average molecular weight is 306 g/mol. The number of hydrazine groups is 1. The lowest BCUT2D eigenvalue weighted by molar-refractivity contribution is -0.122. The van der Waals surface area contributed by atoms with E-state index in [-0.39, 0.29) is 18.8 Å². The molecule has 2 heterocycles. The van der Waals surface area contributed by atoms with Crippen LogP contribution in [0.4, 0.5) is 0 Å². The first-order chi connectivity index (χ1) is 10.7. The Balaban J connectivity index is 1.44. The maximum Gasteiger partial charge on any atom is 0.269 e. The van der Waals surface area contributed by atoms with Crippen LogP contribution in [-0.4, -0.2) is 31.3 Å². The highest BCUT2D eigenvalue weighted by atomic mass is 16.7. The molecule has 1 fully saturated rings. The Morgan fingerprint density at radius 1 is 1.18 bits per heavy atom. The SMILES string of the molecule is O=C(CC[C@@H]1CCCO1)NNC(=O)c1ccc2c(c1)OCO2.